The molecule has 0 atom stereocenters. The maximum absolute atomic E-state index is 5.34. The fourth-order valence-corrected chi connectivity index (χ4v) is 10.5. The van der Waals surface area contributed by atoms with Crippen molar-refractivity contribution in [3.8, 4) is 67.3 Å². The molecule has 0 aliphatic heterocycles. The summed E-state index contributed by atoms with van der Waals surface area (Å²) in [7, 11) is 0. The molecule has 0 N–H and O–H groups in total. The summed E-state index contributed by atoms with van der Waals surface area (Å²) >= 11 is 3.72. The van der Waals surface area contributed by atoms with Gasteiger partial charge in [-0.3, -0.25) is 0 Å². The van der Waals surface area contributed by atoms with Crippen LogP contribution in [0.5, 0.6) is 0 Å². The second-order valence-corrected chi connectivity index (χ2v) is 16.2. The van der Waals surface area contributed by atoms with E-state index in [4.69, 9.17) is 9.97 Å². The highest BCUT2D eigenvalue weighted by atomic mass is 32.1. The van der Waals surface area contributed by atoms with Crippen molar-refractivity contribution < 1.29 is 0 Å². The molecular formula is C52H32N2S2. The van der Waals surface area contributed by atoms with Crippen LogP contribution in [0.15, 0.2) is 194 Å². The minimum atomic E-state index is 0.700. The number of hydrogen-bond acceptors (Lipinski definition) is 4. The summed E-state index contributed by atoms with van der Waals surface area (Å²) in [5.41, 5.74) is 11.9. The third kappa shape index (κ3) is 5.62. The predicted molar refractivity (Wildman–Crippen MR) is 240 cm³/mol. The molecule has 3 heterocycles. The van der Waals surface area contributed by atoms with Gasteiger partial charge in [0.1, 0.15) is 0 Å². The molecule has 0 saturated carbocycles. The zero-order valence-corrected chi connectivity index (χ0v) is 31.8. The predicted octanol–water partition coefficient (Wildman–Crippen LogP) is 15.2. The van der Waals surface area contributed by atoms with Crippen LogP contribution in [0, 0.1) is 0 Å². The first-order valence-electron chi connectivity index (χ1n) is 18.8. The van der Waals surface area contributed by atoms with Gasteiger partial charge in [-0.15, -0.1) is 22.7 Å². The maximum atomic E-state index is 5.34. The maximum Gasteiger partial charge on any atom is 0.160 e. The minimum Gasteiger partial charge on any atom is -0.228 e. The summed E-state index contributed by atoms with van der Waals surface area (Å²) < 4.78 is 5.17. The molecule has 0 bridgehead atoms. The van der Waals surface area contributed by atoms with Gasteiger partial charge in [0, 0.05) is 62.6 Å². The summed E-state index contributed by atoms with van der Waals surface area (Å²) in [4.78, 5) is 10.7. The highest BCUT2D eigenvalue weighted by Crippen LogP contribution is 2.45. The van der Waals surface area contributed by atoms with Crippen molar-refractivity contribution in [2.24, 2.45) is 0 Å². The summed E-state index contributed by atoms with van der Waals surface area (Å²) in [6.07, 6.45) is 0. The van der Waals surface area contributed by atoms with Gasteiger partial charge >= 0.3 is 0 Å². The van der Waals surface area contributed by atoms with Crippen LogP contribution in [0.4, 0.5) is 0 Å². The highest BCUT2D eigenvalue weighted by Gasteiger charge is 2.19. The van der Waals surface area contributed by atoms with Crippen LogP contribution in [0.1, 0.15) is 0 Å². The van der Waals surface area contributed by atoms with E-state index in [2.05, 4.69) is 188 Å². The minimum absolute atomic E-state index is 0.700. The fraction of sp³-hybridized carbons (Fsp3) is 0. The summed E-state index contributed by atoms with van der Waals surface area (Å²) in [6.45, 7) is 0. The van der Waals surface area contributed by atoms with Crippen LogP contribution in [-0.2, 0) is 0 Å². The van der Waals surface area contributed by atoms with Crippen molar-refractivity contribution in [1.29, 1.82) is 0 Å². The Labute approximate surface area is 332 Å². The first-order valence-corrected chi connectivity index (χ1v) is 20.4. The monoisotopic (exact) mass is 748 g/mol. The number of aromatic nitrogens is 2. The summed E-state index contributed by atoms with van der Waals surface area (Å²) in [5.74, 6) is 0.700. The third-order valence-electron chi connectivity index (χ3n) is 10.7. The van der Waals surface area contributed by atoms with Crippen LogP contribution >= 0.6 is 22.7 Å². The lowest BCUT2D eigenvalue weighted by Gasteiger charge is -2.15. The number of thiophene rings is 2. The van der Waals surface area contributed by atoms with Crippen LogP contribution in [0.2, 0.25) is 0 Å². The van der Waals surface area contributed by atoms with Crippen molar-refractivity contribution in [3.63, 3.8) is 0 Å². The Morgan fingerprint density at radius 3 is 1.46 bits per heavy atom. The lowest BCUT2D eigenvalue weighted by molar-refractivity contribution is 1.18. The van der Waals surface area contributed by atoms with Crippen LogP contribution in [0.3, 0.4) is 0 Å². The van der Waals surface area contributed by atoms with Gasteiger partial charge in [-0.1, -0.05) is 158 Å². The molecular weight excluding hydrogens is 717 g/mol. The average Bonchev–Trinajstić information content (AvgIpc) is 3.86. The molecule has 0 aliphatic carbocycles. The van der Waals surface area contributed by atoms with E-state index in [1.54, 1.807) is 0 Å². The molecule has 11 rings (SSSR count). The molecule has 0 aliphatic rings. The molecule has 2 nitrogen and oxygen atoms in total. The first-order chi connectivity index (χ1) is 27.7. The molecule has 0 unspecified atom stereocenters. The molecule has 4 heteroatoms. The van der Waals surface area contributed by atoms with Gasteiger partial charge in [0.15, 0.2) is 5.82 Å². The largest absolute Gasteiger partial charge is 0.228 e. The van der Waals surface area contributed by atoms with Crippen LogP contribution in [0.25, 0.3) is 108 Å². The molecule has 0 saturated heterocycles. The Bertz CT molecular complexity index is 3250. The van der Waals surface area contributed by atoms with E-state index in [0.717, 1.165) is 44.8 Å². The van der Waals surface area contributed by atoms with Crippen LogP contribution in [-0.4, -0.2) is 9.97 Å². The number of hydrogen-bond donors (Lipinski definition) is 0. The van der Waals surface area contributed by atoms with Gasteiger partial charge in [-0.25, -0.2) is 9.97 Å². The van der Waals surface area contributed by atoms with E-state index in [1.807, 2.05) is 28.7 Å². The van der Waals surface area contributed by atoms with Crippen molar-refractivity contribution in [2.75, 3.05) is 0 Å². The lowest BCUT2D eigenvalue weighted by atomic mass is 9.93. The van der Waals surface area contributed by atoms with Gasteiger partial charge in [0.25, 0.3) is 0 Å². The van der Waals surface area contributed by atoms with E-state index in [1.165, 1.54) is 57.0 Å². The number of nitrogens with zero attached hydrogens (tertiary/aromatic N) is 2. The second-order valence-electron chi connectivity index (χ2n) is 14.1. The van der Waals surface area contributed by atoms with Crippen LogP contribution < -0.4 is 0 Å². The normalized spacial score (nSPS) is 11.6. The smallest absolute Gasteiger partial charge is 0.160 e. The topological polar surface area (TPSA) is 25.8 Å². The fourth-order valence-electron chi connectivity index (χ4n) is 8.05. The van der Waals surface area contributed by atoms with Gasteiger partial charge in [-0.2, -0.15) is 0 Å². The Hall–Kier alpha value is -6.72. The number of benzene rings is 8. The molecule has 0 amide bonds. The van der Waals surface area contributed by atoms with Gasteiger partial charge in [-0.05, 0) is 64.2 Å². The Kier molecular flexibility index (Phi) is 7.90. The molecule has 262 valence electrons. The van der Waals surface area contributed by atoms with Gasteiger partial charge in [0.05, 0.1) is 11.4 Å². The van der Waals surface area contributed by atoms with Crippen molar-refractivity contribution in [2.45, 2.75) is 0 Å². The van der Waals surface area contributed by atoms with E-state index in [-0.39, 0.29) is 0 Å². The van der Waals surface area contributed by atoms with Crippen molar-refractivity contribution in [3.05, 3.63) is 194 Å². The first kappa shape index (κ1) is 32.7. The van der Waals surface area contributed by atoms with E-state index in [9.17, 15) is 0 Å². The molecule has 8 aromatic carbocycles. The number of rotatable bonds is 6. The molecule has 56 heavy (non-hydrogen) atoms. The number of fused-ring (bicyclic) bond motifs is 6. The Morgan fingerprint density at radius 1 is 0.286 bits per heavy atom. The summed E-state index contributed by atoms with van der Waals surface area (Å²) in [5, 5.41) is 5.16. The molecule has 0 spiro atoms. The van der Waals surface area contributed by atoms with E-state index >= 15 is 0 Å². The average molecular weight is 749 g/mol. The molecule has 3 aromatic heterocycles. The molecule has 11 aromatic rings. The quantitative estimate of drug-likeness (QED) is 0.169. The zero-order valence-electron chi connectivity index (χ0n) is 30.2. The molecule has 0 fully saturated rings. The SMILES string of the molecule is c1ccc(-c2cc(-c3cc(-c4ccccc4-c4cccc5c4sc4ccccc45)nc(-c4ccccc4)n3)cc(-c3cccc4c3sc3ccccc34)c2)cc1. The summed E-state index contributed by atoms with van der Waals surface area (Å²) in [6, 6.07) is 69.6. The van der Waals surface area contributed by atoms with Gasteiger partial charge < -0.3 is 0 Å². The third-order valence-corrected chi connectivity index (χ3v) is 13.1. The van der Waals surface area contributed by atoms with Gasteiger partial charge in [0.2, 0.25) is 0 Å². The van der Waals surface area contributed by atoms with Crippen molar-refractivity contribution in [1.82, 2.24) is 9.97 Å². The zero-order chi connectivity index (χ0) is 37.0. The Balaban J connectivity index is 1.15. The molecule has 0 radical (unpaired) electrons. The lowest BCUT2D eigenvalue weighted by Crippen LogP contribution is -1.97. The second kappa shape index (κ2) is 13.5. The van der Waals surface area contributed by atoms with E-state index < -0.39 is 0 Å². The Morgan fingerprint density at radius 2 is 0.768 bits per heavy atom. The van der Waals surface area contributed by atoms with Crippen molar-refractivity contribution >= 4 is 63.0 Å². The van der Waals surface area contributed by atoms with E-state index in [0.29, 0.717) is 5.82 Å². The highest BCUT2D eigenvalue weighted by molar-refractivity contribution is 7.26. The standard InChI is InChI=1S/C52H32N2S2/c1-3-15-33(16-4-1)35-29-36(38-23-13-25-44-41-21-9-11-27-48(41)55-50(38)44)31-37(30-35)46-32-47(54-52(53-46)34-17-5-2-6-18-34)40-20-8-7-19-39(40)43-24-14-26-45-42-22-10-12-28-49(42)56-51(43)45/h1-32H.